The summed E-state index contributed by atoms with van der Waals surface area (Å²) in [6.45, 7) is 5.70. The zero-order valence-electron chi connectivity index (χ0n) is 13.6. The highest BCUT2D eigenvalue weighted by Gasteiger charge is 2.26. The zero-order chi connectivity index (χ0) is 16.4. The summed E-state index contributed by atoms with van der Waals surface area (Å²) in [7, 11) is 0. The molecule has 0 aliphatic carbocycles. The number of rotatable bonds is 4. The van der Waals surface area contributed by atoms with E-state index in [9.17, 15) is 0 Å². The molecule has 1 atom stereocenters. The molecule has 24 heavy (non-hydrogen) atoms. The van der Waals surface area contributed by atoms with Gasteiger partial charge in [-0.2, -0.15) is 0 Å². The van der Waals surface area contributed by atoms with Crippen LogP contribution in [0.25, 0.3) is 10.8 Å². The summed E-state index contributed by atoms with van der Waals surface area (Å²) in [6, 6.07) is 8.52. The number of hydrogen-bond donors (Lipinski definition) is 1. The van der Waals surface area contributed by atoms with E-state index in [1.54, 1.807) is 11.3 Å². The third kappa shape index (κ3) is 3.13. The van der Waals surface area contributed by atoms with Crippen LogP contribution < -0.4 is 5.32 Å². The van der Waals surface area contributed by atoms with Gasteiger partial charge in [-0.25, -0.2) is 4.98 Å². The summed E-state index contributed by atoms with van der Waals surface area (Å²) >= 11 is 1.65. The Labute approximate surface area is 145 Å². The quantitative estimate of drug-likeness (QED) is 0.790. The molecule has 0 amide bonds. The fourth-order valence-corrected chi connectivity index (χ4v) is 3.76. The first-order chi connectivity index (χ1) is 11.8. The van der Waals surface area contributed by atoms with Crippen molar-refractivity contribution < 1.29 is 4.42 Å². The van der Waals surface area contributed by atoms with Gasteiger partial charge in [0.1, 0.15) is 5.76 Å². The fraction of sp³-hybridized carbons (Fsp3) is 0.333. The summed E-state index contributed by atoms with van der Waals surface area (Å²) in [6.07, 6.45) is 3.77. The highest BCUT2D eigenvalue weighted by molar-refractivity contribution is 7.13. The third-order valence-corrected chi connectivity index (χ3v) is 5.26. The van der Waals surface area contributed by atoms with E-state index in [0.717, 1.165) is 48.4 Å². The Morgan fingerprint density at radius 1 is 1.38 bits per heavy atom. The van der Waals surface area contributed by atoms with Gasteiger partial charge >= 0.3 is 0 Å². The highest BCUT2D eigenvalue weighted by atomic mass is 32.1. The molecule has 1 N–H and O–H groups in total. The first-order valence-electron chi connectivity index (χ1n) is 8.16. The van der Waals surface area contributed by atoms with Gasteiger partial charge in [-0.1, -0.05) is 12.1 Å². The number of pyridine rings is 1. The van der Waals surface area contributed by atoms with Crippen molar-refractivity contribution in [3.05, 3.63) is 59.1 Å². The molecule has 1 aliphatic heterocycles. The van der Waals surface area contributed by atoms with Gasteiger partial charge in [0.15, 0.2) is 0 Å². The van der Waals surface area contributed by atoms with Crippen LogP contribution in [0.3, 0.4) is 0 Å². The fourth-order valence-electron chi connectivity index (χ4n) is 3.11. The normalized spacial score (nSPS) is 18.8. The average Bonchev–Trinajstić information content (AvgIpc) is 3.27. The molecule has 0 spiro atoms. The molecule has 3 aromatic heterocycles. The topological polar surface area (TPSA) is 54.2 Å². The van der Waals surface area contributed by atoms with E-state index in [1.165, 1.54) is 5.56 Å². The van der Waals surface area contributed by atoms with Gasteiger partial charge in [0.25, 0.3) is 0 Å². The number of aryl methyl sites for hydroxylation is 1. The Morgan fingerprint density at radius 2 is 2.33 bits per heavy atom. The molecule has 0 saturated carbocycles. The predicted octanol–water partition coefficient (Wildman–Crippen LogP) is 3.25. The van der Waals surface area contributed by atoms with Crippen molar-refractivity contribution in [3.63, 3.8) is 0 Å². The number of piperazine rings is 1. The minimum absolute atomic E-state index is 0.314. The lowest BCUT2D eigenvalue weighted by Crippen LogP contribution is -2.45. The second kappa shape index (κ2) is 6.84. The first-order valence-corrected chi connectivity index (χ1v) is 9.04. The van der Waals surface area contributed by atoms with Crippen molar-refractivity contribution in [1.82, 2.24) is 20.2 Å². The predicted molar refractivity (Wildman–Crippen MR) is 94.8 cm³/mol. The van der Waals surface area contributed by atoms with Crippen molar-refractivity contribution >= 4 is 11.3 Å². The number of oxazole rings is 1. The van der Waals surface area contributed by atoms with Gasteiger partial charge in [-0.15, -0.1) is 11.3 Å². The first kappa shape index (κ1) is 15.5. The zero-order valence-corrected chi connectivity index (χ0v) is 14.4. The van der Waals surface area contributed by atoms with Gasteiger partial charge in [0.05, 0.1) is 10.6 Å². The summed E-state index contributed by atoms with van der Waals surface area (Å²) in [5.41, 5.74) is 2.26. The molecule has 3 aromatic rings. The Kier molecular flexibility index (Phi) is 4.42. The van der Waals surface area contributed by atoms with Crippen molar-refractivity contribution in [2.75, 3.05) is 19.6 Å². The number of nitrogens with zero attached hydrogens (tertiary/aromatic N) is 3. The second-order valence-corrected chi connectivity index (χ2v) is 6.92. The molecule has 4 rings (SSSR count). The molecule has 124 valence electrons. The van der Waals surface area contributed by atoms with Crippen LogP contribution in [0.1, 0.15) is 23.1 Å². The maximum Gasteiger partial charge on any atom is 0.236 e. The SMILES string of the molecule is Cc1oc(-c2cccs2)nc1CN1CCNCC1c1cccnc1. The van der Waals surface area contributed by atoms with E-state index >= 15 is 0 Å². The molecule has 6 heteroatoms. The number of thiophene rings is 1. The highest BCUT2D eigenvalue weighted by Crippen LogP contribution is 2.28. The number of nitrogens with one attached hydrogen (secondary N) is 1. The Bertz CT molecular complexity index is 785. The third-order valence-electron chi connectivity index (χ3n) is 4.40. The lowest BCUT2D eigenvalue weighted by Gasteiger charge is -2.35. The van der Waals surface area contributed by atoms with E-state index in [0.29, 0.717) is 6.04 Å². The van der Waals surface area contributed by atoms with Crippen LogP contribution in [-0.2, 0) is 6.54 Å². The van der Waals surface area contributed by atoms with Crippen molar-refractivity contribution in [3.8, 4) is 10.8 Å². The molecule has 1 fully saturated rings. The minimum atomic E-state index is 0.314. The maximum absolute atomic E-state index is 5.89. The molecule has 0 aromatic carbocycles. The van der Waals surface area contributed by atoms with Gasteiger partial charge in [-0.05, 0) is 30.0 Å². The largest absolute Gasteiger partial charge is 0.440 e. The van der Waals surface area contributed by atoms with Crippen LogP contribution >= 0.6 is 11.3 Å². The monoisotopic (exact) mass is 340 g/mol. The van der Waals surface area contributed by atoms with E-state index in [2.05, 4.69) is 21.3 Å². The van der Waals surface area contributed by atoms with Crippen molar-refractivity contribution in [2.24, 2.45) is 0 Å². The molecule has 1 saturated heterocycles. The molecular weight excluding hydrogens is 320 g/mol. The molecule has 0 bridgehead atoms. The Morgan fingerprint density at radius 3 is 3.12 bits per heavy atom. The lowest BCUT2D eigenvalue weighted by atomic mass is 10.1. The van der Waals surface area contributed by atoms with Crippen molar-refractivity contribution in [2.45, 2.75) is 19.5 Å². The molecule has 1 aliphatic rings. The summed E-state index contributed by atoms with van der Waals surface area (Å²) in [5, 5.41) is 5.52. The second-order valence-electron chi connectivity index (χ2n) is 5.98. The Hall–Kier alpha value is -2.02. The van der Waals surface area contributed by atoms with E-state index in [4.69, 9.17) is 9.40 Å². The van der Waals surface area contributed by atoms with E-state index in [1.807, 2.05) is 42.9 Å². The summed E-state index contributed by atoms with van der Waals surface area (Å²) in [4.78, 5) is 12.5. The van der Waals surface area contributed by atoms with Crippen LogP contribution in [0.4, 0.5) is 0 Å². The average molecular weight is 340 g/mol. The molecule has 4 heterocycles. The molecule has 0 radical (unpaired) electrons. The van der Waals surface area contributed by atoms with Crippen LogP contribution in [0.15, 0.2) is 46.5 Å². The Balaban J connectivity index is 1.57. The maximum atomic E-state index is 5.89. The van der Waals surface area contributed by atoms with Crippen molar-refractivity contribution in [1.29, 1.82) is 0 Å². The van der Waals surface area contributed by atoms with Crippen LogP contribution in [0.2, 0.25) is 0 Å². The van der Waals surface area contributed by atoms with Crippen LogP contribution in [0.5, 0.6) is 0 Å². The molecule has 1 unspecified atom stereocenters. The standard InChI is InChI=1S/C18H20N4OS/c1-13-15(21-18(23-13)17-5-3-9-24-17)12-22-8-7-20-11-16(22)14-4-2-6-19-10-14/h2-6,9-10,16,20H,7-8,11-12H2,1H3. The van der Waals surface area contributed by atoms with E-state index in [-0.39, 0.29) is 0 Å². The van der Waals surface area contributed by atoms with Gasteiger partial charge in [0.2, 0.25) is 5.89 Å². The van der Waals surface area contributed by atoms with Crippen LogP contribution in [-0.4, -0.2) is 34.5 Å². The number of aromatic nitrogens is 2. The summed E-state index contributed by atoms with van der Waals surface area (Å²) < 4.78 is 5.89. The molecule has 5 nitrogen and oxygen atoms in total. The van der Waals surface area contributed by atoms with Gasteiger partial charge in [-0.3, -0.25) is 9.88 Å². The summed E-state index contributed by atoms with van der Waals surface area (Å²) in [5.74, 6) is 1.63. The van der Waals surface area contributed by atoms with Gasteiger partial charge < -0.3 is 9.73 Å². The van der Waals surface area contributed by atoms with Gasteiger partial charge in [0, 0.05) is 44.6 Å². The minimum Gasteiger partial charge on any atom is -0.440 e. The van der Waals surface area contributed by atoms with Crippen LogP contribution in [0, 0.1) is 6.92 Å². The lowest BCUT2D eigenvalue weighted by molar-refractivity contribution is 0.151. The number of hydrogen-bond acceptors (Lipinski definition) is 6. The smallest absolute Gasteiger partial charge is 0.236 e. The van der Waals surface area contributed by atoms with E-state index < -0.39 is 0 Å². The molecular formula is C18H20N4OS.